The molecule has 2 aromatic carbocycles. The molecule has 0 radical (unpaired) electrons. The van der Waals surface area contributed by atoms with Crippen molar-refractivity contribution in [2.24, 2.45) is 0 Å². The molecule has 0 fully saturated rings. The maximum atomic E-state index is 12.5. The van der Waals surface area contributed by atoms with Gasteiger partial charge in [0.25, 0.3) is 5.91 Å². The Balaban J connectivity index is 1.87. The van der Waals surface area contributed by atoms with Gasteiger partial charge in [-0.15, -0.1) is 0 Å². The fourth-order valence-electron chi connectivity index (χ4n) is 3.15. The average Bonchev–Trinajstić information content (AvgIpc) is 2.82. The largest absolute Gasteiger partial charge is 0.389 e. The Bertz CT molecular complexity index is 728. The molecule has 3 rings (SSSR count). The molecule has 1 aliphatic rings. The minimum Gasteiger partial charge on any atom is -0.389 e. The number of fused-ring (bicyclic) bond motifs is 3. The van der Waals surface area contributed by atoms with Gasteiger partial charge in [0.05, 0.1) is 5.60 Å². The van der Waals surface area contributed by atoms with Gasteiger partial charge in [0.2, 0.25) is 0 Å². The standard InChI is InChI=1S/C19H21NO2/c1-19(2,22)12-20(3)18(21)14-8-9-17-15(11-14)10-13-6-4-5-7-16(13)17/h4-9,11,22H,10,12H2,1-3H3. The summed E-state index contributed by atoms with van der Waals surface area (Å²) in [7, 11) is 1.72. The van der Waals surface area contributed by atoms with Crippen molar-refractivity contribution in [2.45, 2.75) is 25.9 Å². The van der Waals surface area contributed by atoms with Crippen LogP contribution in [-0.2, 0) is 6.42 Å². The predicted molar refractivity (Wildman–Crippen MR) is 87.9 cm³/mol. The molecular formula is C19H21NO2. The monoisotopic (exact) mass is 295 g/mol. The summed E-state index contributed by atoms with van der Waals surface area (Å²) in [5.41, 5.74) is 4.78. The summed E-state index contributed by atoms with van der Waals surface area (Å²) < 4.78 is 0. The van der Waals surface area contributed by atoms with Crippen molar-refractivity contribution >= 4 is 5.91 Å². The molecule has 0 spiro atoms. The Labute approximate surface area is 131 Å². The number of rotatable bonds is 3. The van der Waals surface area contributed by atoms with Crippen molar-refractivity contribution in [1.29, 1.82) is 0 Å². The lowest BCUT2D eigenvalue weighted by Crippen LogP contribution is -2.39. The van der Waals surface area contributed by atoms with Gasteiger partial charge in [-0.25, -0.2) is 0 Å². The van der Waals surface area contributed by atoms with Crippen molar-refractivity contribution in [3.8, 4) is 11.1 Å². The van der Waals surface area contributed by atoms with Gasteiger partial charge < -0.3 is 10.0 Å². The third-order valence-electron chi connectivity index (χ3n) is 4.01. The number of carbonyl (C=O) groups excluding carboxylic acids is 1. The van der Waals surface area contributed by atoms with Crippen LogP contribution in [0.15, 0.2) is 42.5 Å². The first-order valence-corrected chi connectivity index (χ1v) is 7.54. The molecule has 22 heavy (non-hydrogen) atoms. The van der Waals surface area contributed by atoms with Crippen LogP contribution in [0.25, 0.3) is 11.1 Å². The zero-order valence-electron chi connectivity index (χ0n) is 13.3. The van der Waals surface area contributed by atoms with Gasteiger partial charge in [-0.2, -0.15) is 0 Å². The first-order valence-electron chi connectivity index (χ1n) is 7.54. The summed E-state index contributed by atoms with van der Waals surface area (Å²) in [5.74, 6) is -0.0547. The van der Waals surface area contributed by atoms with Crippen LogP contribution in [-0.4, -0.2) is 35.1 Å². The van der Waals surface area contributed by atoms with Crippen molar-refractivity contribution in [1.82, 2.24) is 4.90 Å². The van der Waals surface area contributed by atoms with Crippen LogP contribution in [0.4, 0.5) is 0 Å². The van der Waals surface area contributed by atoms with E-state index in [0.29, 0.717) is 12.1 Å². The molecule has 0 saturated carbocycles. The summed E-state index contributed by atoms with van der Waals surface area (Å²) in [6.45, 7) is 3.72. The third kappa shape index (κ3) is 2.77. The van der Waals surface area contributed by atoms with Crippen LogP contribution in [0.3, 0.4) is 0 Å². The molecular weight excluding hydrogens is 274 g/mol. The van der Waals surface area contributed by atoms with Crippen LogP contribution < -0.4 is 0 Å². The van der Waals surface area contributed by atoms with Crippen molar-refractivity contribution in [3.05, 3.63) is 59.2 Å². The quantitative estimate of drug-likeness (QED) is 0.806. The molecule has 114 valence electrons. The number of hydrogen-bond acceptors (Lipinski definition) is 2. The Morgan fingerprint density at radius 1 is 1.14 bits per heavy atom. The number of amides is 1. The molecule has 0 bridgehead atoms. The number of nitrogens with zero attached hydrogens (tertiary/aromatic N) is 1. The number of hydrogen-bond donors (Lipinski definition) is 1. The van der Waals surface area contributed by atoms with E-state index in [4.69, 9.17) is 0 Å². The zero-order valence-corrected chi connectivity index (χ0v) is 13.3. The highest BCUT2D eigenvalue weighted by atomic mass is 16.3. The fraction of sp³-hybridized carbons (Fsp3) is 0.316. The molecule has 0 heterocycles. The van der Waals surface area contributed by atoms with E-state index in [0.717, 1.165) is 6.42 Å². The predicted octanol–water partition coefficient (Wildman–Crippen LogP) is 3.10. The molecule has 0 atom stereocenters. The van der Waals surface area contributed by atoms with Crippen LogP contribution >= 0.6 is 0 Å². The van der Waals surface area contributed by atoms with Gasteiger partial charge in [0.1, 0.15) is 0 Å². The summed E-state index contributed by atoms with van der Waals surface area (Å²) in [4.78, 5) is 14.1. The van der Waals surface area contributed by atoms with E-state index in [2.05, 4.69) is 12.1 Å². The molecule has 0 saturated heterocycles. The average molecular weight is 295 g/mol. The minimum absolute atomic E-state index is 0.0547. The Kier molecular flexibility index (Phi) is 3.53. The van der Waals surface area contributed by atoms with E-state index in [1.54, 1.807) is 25.8 Å². The lowest BCUT2D eigenvalue weighted by molar-refractivity contribution is 0.0368. The molecule has 3 nitrogen and oxygen atoms in total. The molecule has 1 N–H and O–H groups in total. The minimum atomic E-state index is -0.891. The Morgan fingerprint density at radius 2 is 1.82 bits per heavy atom. The first kappa shape index (κ1) is 14.8. The zero-order chi connectivity index (χ0) is 15.9. The topological polar surface area (TPSA) is 40.5 Å². The lowest BCUT2D eigenvalue weighted by Gasteiger charge is -2.25. The van der Waals surface area contributed by atoms with Gasteiger partial charge in [-0.1, -0.05) is 30.3 Å². The van der Waals surface area contributed by atoms with E-state index in [1.165, 1.54) is 22.3 Å². The molecule has 0 unspecified atom stereocenters. The summed E-state index contributed by atoms with van der Waals surface area (Å²) in [6, 6.07) is 14.3. The maximum absolute atomic E-state index is 12.5. The molecule has 0 aromatic heterocycles. The summed E-state index contributed by atoms with van der Waals surface area (Å²) >= 11 is 0. The molecule has 1 amide bonds. The van der Waals surface area contributed by atoms with Crippen molar-refractivity contribution in [3.63, 3.8) is 0 Å². The van der Waals surface area contributed by atoms with Gasteiger partial charge in [-0.05, 0) is 54.7 Å². The van der Waals surface area contributed by atoms with Gasteiger partial charge >= 0.3 is 0 Å². The second-order valence-corrected chi connectivity index (χ2v) is 6.68. The number of aliphatic hydroxyl groups is 1. The van der Waals surface area contributed by atoms with Crippen molar-refractivity contribution in [2.75, 3.05) is 13.6 Å². The van der Waals surface area contributed by atoms with E-state index >= 15 is 0 Å². The Morgan fingerprint density at radius 3 is 2.55 bits per heavy atom. The normalized spacial score (nSPS) is 12.7. The summed E-state index contributed by atoms with van der Waals surface area (Å²) in [6.07, 6.45) is 0.877. The number of benzene rings is 2. The highest BCUT2D eigenvalue weighted by Gasteiger charge is 2.23. The van der Waals surface area contributed by atoms with Gasteiger partial charge in [0.15, 0.2) is 0 Å². The number of likely N-dealkylation sites (N-methyl/N-ethyl adjacent to an activating group) is 1. The smallest absolute Gasteiger partial charge is 0.253 e. The Hall–Kier alpha value is -2.13. The van der Waals surface area contributed by atoms with E-state index in [1.807, 2.05) is 30.3 Å². The van der Waals surface area contributed by atoms with Crippen LogP contribution in [0.1, 0.15) is 35.3 Å². The SMILES string of the molecule is CN(CC(C)(C)O)C(=O)c1ccc2c(c1)Cc1ccccc1-2. The molecule has 0 aliphatic heterocycles. The number of carbonyl (C=O) groups is 1. The third-order valence-corrected chi connectivity index (χ3v) is 4.01. The second-order valence-electron chi connectivity index (χ2n) is 6.68. The van der Waals surface area contributed by atoms with Crippen LogP contribution in [0, 0.1) is 0 Å². The van der Waals surface area contributed by atoms with Crippen LogP contribution in [0.5, 0.6) is 0 Å². The van der Waals surface area contributed by atoms with Gasteiger partial charge in [0, 0.05) is 19.2 Å². The lowest BCUT2D eigenvalue weighted by atomic mass is 10.0. The highest BCUT2D eigenvalue weighted by Crippen LogP contribution is 2.36. The van der Waals surface area contributed by atoms with Crippen molar-refractivity contribution < 1.29 is 9.90 Å². The molecule has 3 heteroatoms. The maximum Gasteiger partial charge on any atom is 0.253 e. The molecule has 2 aromatic rings. The first-order chi connectivity index (χ1) is 10.3. The van der Waals surface area contributed by atoms with E-state index in [9.17, 15) is 9.90 Å². The fourth-order valence-corrected chi connectivity index (χ4v) is 3.15. The van der Waals surface area contributed by atoms with E-state index in [-0.39, 0.29) is 5.91 Å². The van der Waals surface area contributed by atoms with Gasteiger partial charge in [-0.3, -0.25) is 4.79 Å². The van der Waals surface area contributed by atoms with E-state index < -0.39 is 5.60 Å². The highest BCUT2D eigenvalue weighted by molar-refractivity contribution is 5.95. The second kappa shape index (κ2) is 5.25. The molecule has 1 aliphatic carbocycles. The summed E-state index contributed by atoms with van der Waals surface area (Å²) in [5, 5.41) is 9.86. The van der Waals surface area contributed by atoms with Crippen LogP contribution in [0.2, 0.25) is 0 Å².